The van der Waals surface area contributed by atoms with Crippen LogP contribution in [-0.4, -0.2) is 28.6 Å². The first-order valence-electron chi connectivity index (χ1n) is 8.90. The zero-order chi connectivity index (χ0) is 21.5. The van der Waals surface area contributed by atoms with Crippen LogP contribution in [0.5, 0.6) is 0 Å². The quantitative estimate of drug-likeness (QED) is 0.460. The number of nitrogens with two attached hydrogens (primary N) is 1. The van der Waals surface area contributed by atoms with Crippen LogP contribution >= 0.6 is 0 Å². The van der Waals surface area contributed by atoms with E-state index >= 15 is 0 Å². The summed E-state index contributed by atoms with van der Waals surface area (Å²) in [6.45, 7) is 3.50. The van der Waals surface area contributed by atoms with Gasteiger partial charge in [0, 0.05) is 11.3 Å². The molecular formula is C20H17N7O2S. The number of nitrogens with zero attached hydrogens (tertiary/aromatic N) is 4. The molecule has 2 aromatic heterocycles. The Morgan fingerprint density at radius 2 is 1.83 bits per heavy atom. The van der Waals surface area contributed by atoms with E-state index in [0.717, 1.165) is 0 Å². The molecule has 10 heteroatoms. The number of anilines is 2. The lowest BCUT2D eigenvalue weighted by Gasteiger charge is -2.11. The van der Waals surface area contributed by atoms with Gasteiger partial charge in [0.25, 0.3) is 10.0 Å². The molecule has 0 saturated carbocycles. The lowest BCUT2D eigenvalue weighted by molar-refractivity contribution is 0.600. The normalized spacial score (nSPS) is 11.4. The molecule has 4 rings (SSSR count). The van der Waals surface area contributed by atoms with Gasteiger partial charge in [-0.25, -0.2) is 18.4 Å². The second kappa shape index (κ2) is 7.13. The molecule has 0 atom stereocenters. The minimum atomic E-state index is -3.85. The molecule has 0 aliphatic heterocycles. The van der Waals surface area contributed by atoms with E-state index in [1.165, 1.54) is 6.07 Å². The summed E-state index contributed by atoms with van der Waals surface area (Å²) in [5.41, 5.74) is 8.90. The maximum atomic E-state index is 12.8. The number of fused-ring (bicyclic) bond motifs is 1. The summed E-state index contributed by atoms with van der Waals surface area (Å²) in [6.07, 6.45) is 0. The number of aromatic amines is 1. The molecular weight excluding hydrogens is 402 g/mol. The van der Waals surface area contributed by atoms with Crippen molar-refractivity contribution in [2.45, 2.75) is 18.7 Å². The van der Waals surface area contributed by atoms with Crippen LogP contribution < -0.4 is 10.5 Å². The van der Waals surface area contributed by atoms with E-state index in [0.29, 0.717) is 45.2 Å². The van der Waals surface area contributed by atoms with Crippen LogP contribution in [0, 0.1) is 25.2 Å². The third kappa shape index (κ3) is 3.42. The van der Waals surface area contributed by atoms with Crippen LogP contribution in [0.1, 0.15) is 16.8 Å². The molecule has 4 N–H and O–H groups in total. The minimum absolute atomic E-state index is 0.0613. The fourth-order valence-corrected chi connectivity index (χ4v) is 4.44. The SMILES string of the molecule is Cc1ccc(C#N)cc1S(=O)(=O)Nc1ccc(-c2nc(C)c3c(N)[nH]nc3n2)cc1. The summed E-state index contributed by atoms with van der Waals surface area (Å²) in [5, 5.41) is 16.5. The Balaban J connectivity index is 1.64. The maximum Gasteiger partial charge on any atom is 0.262 e. The average Bonchev–Trinajstić information content (AvgIpc) is 3.10. The second-order valence-corrected chi connectivity index (χ2v) is 8.39. The summed E-state index contributed by atoms with van der Waals surface area (Å²) >= 11 is 0. The largest absolute Gasteiger partial charge is 0.383 e. The summed E-state index contributed by atoms with van der Waals surface area (Å²) in [4.78, 5) is 8.93. The van der Waals surface area contributed by atoms with E-state index in [2.05, 4.69) is 24.9 Å². The second-order valence-electron chi connectivity index (χ2n) is 6.74. The van der Waals surface area contributed by atoms with E-state index in [1.807, 2.05) is 13.0 Å². The number of H-pyrrole nitrogens is 1. The van der Waals surface area contributed by atoms with Crippen LogP contribution in [0.2, 0.25) is 0 Å². The number of rotatable bonds is 4. The highest BCUT2D eigenvalue weighted by Gasteiger charge is 2.18. The van der Waals surface area contributed by atoms with E-state index in [-0.39, 0.29) is 10.5 Å². The average molecular weight is 419 g/mol. The molecule has 0 aliphatic rings. The van der Waals surface area contributed by atoms with Crippen molar-refractivity contribution in [1.82, 2.24) is 20.2 Å². The lowest BCUT2D eigenvalue weighted by Crippen LogP contribution is -2.14. The predicted octanol–water partition coefficient (Wildman–Crippen LogP) is 2.89. The van der Waals surface area contributed by atoms with Crippen LogP contribution in [0.25, 0.3) is 22.4 Å². The molecule has 0 bridgehead atoms. The van der Waals surface area contributed by atoms with Crippen molar-refractivity contribution in [3.63, 3.8) is 0 Å². The zero-order valence-corrected chi connectivity index (χ0v) is 16.9. The number of nitrogens with one attached hydrogen (secondary N) is 2. The van der Waals surface area contributed by atoms with Crippen LogP contribution in [0.3, 0.4) is 0 Å². The molecule has 0 fully saturated rings. The molecule has 0 radical (unpaired) electrons. The van der Waals surface area contributed by atoms with Crippen LogP contribution in [0.15, 0.2) is 47.4 Å². The molecule has 150 valence electrons. The maximum absolute atomic E-state index is 12.8. The predicted molar refractivity (Wildman–Crippen MR) is 113 cm³/mol. The van der Waals surface area contributed by atoms with Gasteiger partial charge < -0.3 is 5.73 Å². The van der Waals surface area contributed by atoms with E-state index in [9.17, 15) is 8.42 Å². The van der Waals surface area contributed by atoms with Crippen LogP contribution in [0.4, 0.5) is 11.5 Å². The Labute approximate surface area is 172 Å². The molecule has 0 spiro atoms. The highest BCUT2D eigenvalue weighted by atomic mass is 32.2. The minimum Gasteiger partial charge on any atom is -0.383 e. The molecule has 0 unspecified atom stereocenters. The first-order valence-corrected chi connectivity index (χ1v) is 10.4. The first kappa shape index (κ1) is 19.4. The van der Waals surface area contributed by atoms with Gasteiger partial charge >= 0.3 is 0 Å². The van der Waals surface area contributed by atoms with Crippen molar-refractivity contribution >= 4 is 32.6 Å². The number of benzene rings is 2. The van der Waals surface area contributed by atoms with Gasteiger partial charge in [-0.2, -0.15) is 10.4 Å². The fourth-order valence-electron chi connectivity index (χ4n) is 3.11. The Morgan fingerprint density at radius 3 is 2.53 bits per heavy atom. The van der Waals surface area contributed by atoms with Gasteiger partial charge in [-0.15, -0.1) is 0 Å². The van der Waals surface area contributed by atoms with Gasteiger partial charge in [0.05, 0.1) is 27.6 Å². The summed E-state index contributed by atoms with van der Waals surface area (Å²) in [6, 6.07) is 13.2. The highest BCUT2D eigenvalue weighted by Crippen LogP contribution is 2.26. The van der Waals surface area contributed by atoms with E-state index in [4.69, 9.17) is 11.0 Å². The molecule has 0 saturated heterocycles. The monoisotopic (exact) mass is 419 g/mol. The Kier molecular flexibility index (Phi) is 4.60. The Bertz CT molecular complexity index is 1420. The van der Waals surface area contributed by atoms with Crippen molar-refractivity contribution in [1.29, 1.82) is 5.26 Å². The lowest BCUT2D eigenvalue weighted by atomic mass is 10.2. The third-order valence-corrected chi connectivity index (χ3v) is 6.15. The number of aryl methyl sites for hydroxylation is 2. The van der Waals surface area contributed by atoms with E-state index < -0.39 is 10.0 Å². The number of hydrogen-bond donors (Lipinski definition) is 3. The summed E-state index contributed by atoms with van der Waals surface area (Å²) in [5.74, 6) is 0.869. The Hall–Kier alpha value is -3.97. The van der Waals surface area contributed by atoms with Gasteiger partial charge in [0.2, 0.25) is 0 Å². The fraction of sp³-hybridized carbons (Fsp3) is 0.100. The van der Waals surface area contributed by atoms with Crippen molar-refractivity contribution in [3.05, 3.63) is 59.3 Å². The third-order valence-electron chi connectivity index (χ3n) is 4.62. The van der Waals surface area contributed by atoms with Gasteiger partial charge in [0.1, 0.15) is 5.82 Å². The highest BCUT2D eigenvalue weighted by molar-refractivity contribution is 7.92. The summed E-state index contributed by atoms with van der Waals surface area (Å²) < 4.78 is 28.1. The molecule has 9 nitrogen and oxygen atoms in total. The first-order chi connectivity index (χ1) is 14.3. The number of nitrogen functional groups attached to an aromatic ring is 1. The van der Waals surface area contributed by atoms with Gasteiger partial charge in [-0.1, -0.05) is 6.07 Å². The molecule has 2 aromatic carbocycles. The molecule has 0 aliphatic carbocycles. The van der Waals surface area contributed by atoms with Crippen LogP contribution in [-0.2, 0) is 10.0 Å². The van der Waals surface area contributed by atoms with Gasteiger partial charge in [0.15, 0.2) is 11.5 Å². The molecule has 0 amide bonds. The topological polar surface area (TPSA) is 150 Å². The van der Waals surface area contributed by atoms with Gasteiger partial charge in [-0.05, 0) is 55.8 Å². The van der Waals surface area contributed by atoms with Crippen molar-refractivity contribution < 1.29 is 8.42 Å². The zero-order valence-electron chi connectivity index (χ0n) is 16.1. The number of sulfonamides is 1. The Morgan fingerprint density at radius 1 is 1.10 bits per heavy atom. The smallest absolute Gasteiger partial charge is 0.262 e. The summed E-state index contributed by atoms with van der Waals surface area (Å²) in [7, 11) is -3.85. The van der Waals surface area contributed by atoms with Gasteiger partial charge in [-0.3, -0.25) is 9.82 Å². The standard InChI is InChI=1S/C20H17N7O2S/c1-11-3-4-13(10-21)9-16(11)30(28,29)27-15-7-5-14(6-8-15)19-23-12(2)17-18(22)25-26-20(17)24-19/h3-9,27H,1-2H3,(H3,22,23,24,25,26). The number of nitriles is 1. The number of hydrogen-bond acceptors (Lipinski definition) is 7. The molecule has 4 aromatic rings. The number of aromatic nitrogens is 4. The van der Waals surface area contributed by atoms with E-state index in [1.54, 1.807) is 43.3 Å². The van der Waals surface area contributed by atoms with Crippen molar-refractivity contribution in [2.24, 2.45) is 0 Å². The molecule has 2 heterocycles. The molecule has 30 heavy (non-hydrogen) atoms. The van der Waals surface area contributed by atoms with Crippen molar-refractivity contribution in [3.8, 4) is 17.5 Å². The van der Waals surface area contributed by atoms with Crippen molar-refractivity contribution in [2.75, 3.05) is 10.5 Å².